The number of ether oxygens (including phenoxy) is 3. The predicted octanol–water partition coefficient (Wildman–Crippen LogP) is 2.60. The Morgan fingerprint density at radius 2 is 1.70 bits per heavy atom. The van der Waals surface area contributed by atoms with Gasteiger partial charge in [0.15, 0.2) is 0 Å². The minimum atomic E-state index is -0.495. The van der Waals surface area contributed by atoms with E-state index in [4.69, 9.17) is 14.2 Å². The Morgan fingerprint density at radius 1 is 1.00 bits per heavy atom. The van der Waals surface area contributed by atoms with E-state index in [9.17, 15) is 4.79 Å². The Morgan fingerprint density at radius 3 is 2.44 bits per heavy atom. The van der Waals surface area contributed by atoms with Crippen molar-refractivity contribution in [1.29, 1.82) is 0 Å². The lowest BCUT2D eigenvalue weighted by Gasteiger charge is -2.19. The summed E-state index contributed by atoms with van der Waals surface area (Å²) in [5, 5.41) is 6.87. The highest BCUT2D eigenvalue weighted by Crippen LogP contribution is 2.17. The maximum atomic E-state index is 11.4. The molecule has 0 saturated carbocycles. The average Bonchev–Trinajstić information content (AvgIpc) is 2.62. The third kappa shape index (κ3) is 8.19. The van der Waals surface area contributed by atoms with E-state index in [1.807, 2.05) is 45.0 Å². The van der Waals surface area contributed by atoms with E-state index < -0.39 is 11.7 Å². The molecule has 0 unspecified atom stereocenters. The summed E-state index contributed by atoms with van der Waals surface area (Å²) in [6.07, 6.45) is 1.11. The number of benzene rings is 1. The summed E-state index contributed by atoms with van der Waals surface area (Å²) in [6, 6.07) is 7.85. The van der Waals surface area contributed by atoms with Gasteiger partial charge in [0, 0.05) is 18.5 Å². The molecule has 8 nitrogen and oxygen atoms in total. The van der Waals surface area contributed by atoms with Crippen LogP contribution < -0.4 is 10.6 Å². The van der Waals surface area contributed by atoms with Crippen molar-refractivity contribution in [2.75, 3.05) is 44.8 Å². The van der Waals surface area contributed by atoms with Crippen molar-refractivity contribution in [3.8, 4) is 0 Å². The molecular formula is C19H28N4O4. The number of fused-ring (bicyclic) bond motifs is 1. The summed E-state index contributed by atoms with van der Waals surface area (Å²) in [5.41, 5.74) is 0.412. The van der Waals surface area contributed by atoms with E-state index in [0.717, 1.165) is 16.7 Å². The second kappa shape index (κ2) is 10.6. The first kappa shape index (κ1) is 20.9. The highest BCUT2D eigenvalue weighted by Gasteiger charge is 2.15. The minimum absolute atomic E-state index is 0.400. The Kier molecular flexibility index (Phi) is 8.22. The van der Waals surface area contributed by atoms with E-state index in [1.165, 1.54) is 0 Å². The van der Waals surface area contributed by atoms with Crippen LogP contribution in [0.1, 0.15) is 20.8 Å². The molecule has 0 bridgehead atoms. The van der Waals surface area contributed by atoms with Gasteiger partial charge in [-0.1, -0.05) is 12.1 Å². The second-order valence-electron chi connectivity index (χ2n) is 6.82. The smallest absolute Gasteiger partial charge is 0.407 e. The number of aromatic nitrogens is 2. The molecule has 1 aromatic heterocycles. The summed E-state index contributed by atoms with van der Waals surface area (Å²) >= 11 is 0. The fourth-order valence-corrected chi connectivity index (χ4v) is 2.25. The lowest BCUT2D eigenvalue weighted by atomic mass is 10.2. The Bertz CT molecular complexity index is 713. The number of carbonyl (C=O) groups excluding carboxylic acids is 1. The van der Waals surface area contributed by atoms with Gasteiger partial charge in [0.05, 0.1) is 31.9 Å². The van der Waals surface area contributed by atoms with Gasteiger partial charge in [0.1, 0.15) is 17.7 Å². The highest BCUT2D eigenvalue weighted by atomic mass is 16.6. The number of para-hydroxylation sites is 1. The molecule has 1 amide bonds. The quantitative estimate of drug-likeness (QED) is 0.616. The summed E-state index contributed by atoms with van der Waals surface area (Å²) in [7, 11) is 0. The molecule has 0 aliphatic rings. The van der Waals surface area contributed by atoms with Gasteiger partial charge in [-0.25, -0.2) is 14.8 Å². The number of amides is 1. The van der Waals surface area contributed by atoms with E-state index in [0.29, 0.717) is 39.5 Å². The van der Waals surface area contributed by atoms with Crippen molar-refractivity contribution < 1.29 is 19.0 Å². The lowest BCUT2D eigenvalue weighted by molar-refractivity contribution is 0.0415. The standard InChI is InChI=1S/C19H28N4O4/c1-19(2,3)27-18(24)21-9-11-26-13-12-25-10-8-20-17-15-6-4-5-7-16(15)22-14-23-17/h4-7,14H,8-13H2,1-3H3,(H,21,24)(H,20,22,23). The van der Waals surface area contributed by atoms with E-state index in [1.54, 1.807) is 6.33 Å². The van der Waals surface area contributed by atoms with Crippen molar-refractivity contribution in [3.05, 3.63) is 30.6 Å². The summed E-state index contributed by atoms with van der Waals surface area (Å²) in [6.45, 7) is 8.41. The topological polar surface area (TPSA) is 94.6 Å². The van der Waals surface area contributed by atoms with Crippen LogP contribution in [0.15, 0.2) is 30.6 Å². The van der Waals surface area contributed by atoms with Gasteiger partial charge in [0.25, 0.3) is 0 Å². The van der Waals surface area contributed by atoms with Crippen LogP contribution in [0.3, 0.4) is 0 Å². The number of hydrogen-bond acceptors (Lipinski definition) is 7. The van der Waals surface area contributed by atoms with Crippen LogP contribution in [-0.4, -0.2) is 61.2 Å². The molecule has 1 heterocycles. The zero-order chi connectivity index (χ0) is 19.5. The maximum absolute atomic E-state index is 11.4. The van der Waals surface area contributed by atoms with Crippen molar-refractivity contribution in [3.63, 3.8) is 0 Å². The maximum Gasteiger partial charge on any atom is 0.407 e. The van der Waals surface area contributed by atoms with Crippen LogP contribution >= 0.6 is 0 Å². The fraction of sp³-hybridized carbons (Fsp3) is 0.526. The average molecular weight is 376 g/mol. The van der Waals surface area contributed by atoms with Crippen LogP contribution in [0.4, 0.5) is 10.6 Å². The number of alkyl carbamates (subject to hydrolysis) is 1. The molecule has 27 heavy (non-hydrogen) atoms. The van der Waals surface area contributed by atoms with E-state index >= 15 is 0 Å². The molecule has 2 N–H and O–H groups in total. The molecule has 0 saturated heterocycles. The minimum Gasteiger partial charge on any atom is -0.444 e. The number of nitrogens with zero attached hydrogens (tertiary/aromatic N) is 2. The van der Waals surface area contributed by atoms with Crippen LogP contribution in [0, 0.1) is 0 Å². The summed E-state index contributed by atoms with van der Waals surface area (Å²) < 4.78 is 16.0. The molecule has 148 valence electrons. The summed E-state index contributed by atoms with van der Waals surface area (Å²) in [4.78, 5) is 19.9. The van der Waals surface area contributed by atoms with Crippen LogP contribution in [0.25, 0.3) is 10.9 Å². The SMILES string of the molecule is CC(C)(C)OC(=O)NCCOCCOCCNc1ncnc2ccccc12. The molecule has 2 rings (SSSR count). The molecular weight excluding hydrogens is 348 g/mol. The first-order valence-corrected chi connectivity index (χ1v) is 9.02. The van der Waals surface area contributed by atoms with Gasteiger partial charge in [-0.2, -0.15) is 0 Å². The van der Waals surface area contributed by atoms with E-state index in [2.05, 4.69) is 20.6 Å². The Hall–Kier alpha value is -2.45. The number of rotatable bonds is 10. The van der Waals surface area contributed by atoms with Gasteiger partial charge in [0.2, 0.25) is 0 Å². The summed E-state index contributed by atoms with van der Waals surface area (Å²) in [5.74, 6) is 0.800. The zero-order valence-corrected chi connectivity index (χ0v) is 16.2. The zero-order valence-electron chi connectivity index (χ0n) is 16.2. The largest absolute Gasteiger partial charge is 0.444 e. The third-order valence-corrected chi connectivity index (χ3v) is 3.37. The van der Waals surface area contributed by atoms with Gasteiger partial charge in [-0.3, -0.25) is 0 Å². The molecule has 8 heteroatoms. The van der Waals surface area contributed by atoms with Crippen molar-refractivity contribution in [2.45, 2.75) is 26.4 Å². The molecule has 0 spiro atoms. The predicted molar refractivity (Wildman–Crippen MR) is 104 cm³/mol. The van der Waals surface area contributed by atoms with Gasteiger partial charge < -0.3 is 24.8 Å². The second-order valence-corrected chi connectivity index (χ2v) is 6.82. The number of hydrogen-bond donors (Lipinski definition) is 2. The normalized spacial score (nSPS) is 11.4. The van der Waals surface area contributed by atoms with Crippen molar-refractivity contribution in [2.24, 2.45) is 0 Å². The first-order valence-electron chi connectivity index (χ1n) is 9.02. The number of nitrogens with one attached hydrogen (secondary N) is 2. The molecule has 0 aliphatic carbocycles. The molecule has 0 atom stereocenters. The third-order valence-electron chi connectivity index (χ3n) is 3.37. The van der Waals surface area contributed by atoms with E-state index in [-0.39, 0.29) is 0 Å². The van der Waals surface area contributed by atoms with Crippen LogP contribution in [-0.2, 0) is 14.2 Å². The van der Waals surface area contributed by atoms with Crippen molar-refractivity contribution in [1.82, 2.24) is 15.3 Å². The molecule has 2 aromatic rings. The molecule has 1 aromatic carbocycles. The Labute approximate surface area is 159 Å². The van der Waals surface area contributed by atoms with Crippen molar-refractivity contribution >= 4 is 22.8 Å². The molecule has 0 fully saturated rings. The molecule has 0 aliphatic heterocycles. The molecule has 0 radical (unpaired) electrons. The fourth-order valence-electron chi connectivity index (χ4n) is 2.25. The monoisotopic (exact) mass is 376 g/mol. The Balaban J connectivity index is 1.49. The van der Waals surface area contributed by atoms with Crippen LogP contribution in [0.5, 0.6) is 0 Å². The van der Waals surface area contributed by atoms with Crippen LogP contribution in [0.2, 0.25) is 0 Å². The number of anilines is 1. The first-order chi connectivity index (χ1) is 13.0. The van der Waals surface area contributed by atoms with Gasteiger partial charge in [-0.15, -0.1) is 0 Å². The number of carbonyl (C=O) groups is 1. The van der Waals surface area contributed by atoms with Gasteiger partial charge in [-0.05, 0) is 32.9 Å². The van der Waals surface area contributed by atoms with Gasteiger partial charge >= 0.3 is 6.09 Å². The highest BCUT2D eigenvalue weighted by molar-refractivity contribution is 5.88. The lowest BCUT2D eigenvalue weighted by Crippen LogP contribution is -2.34.